The first kappa shape index (κ1) is 21.9. The molecule has 1 aliphatic rings. The summed E-state index contributed by atoms with van der Waals surface area (Å²) in [6, 6.07) is 13.7. The Balaban J connectivity index is 1.36. The average Bonchev–Trinajstić information content (AvgIpc) is 3.45. The second-order valence-corrected chi connectivity index (χ2v) is 10.7. The topological polar surface area (TPSA) is 79.4 Å². The number of nitrogens with one attached hydrogen (secondary N) is 1. The van der Waals surface area contributed by atoms with Crippen molar-refractivity contribution in [1.29, 1.82) is 0 Å². The number of nitrogens with zero attached hydrogens (tertiary/aromatic N) is 2. The molecule has 0 saturated carbocycles. The first-order chi connectivity index (χ1) is 14.9. The number of hydrogen-bond acceptors (Lipinski definition) is 6. The van der Waals surface area contributed by atoms with Gasteiger partial charge in [0.1, 0.15) is 16.9 Å². The van der Waals surface area contributed by atoms with Gasteiger partial charge in [0, 0.05) is 29.7 Å². The molecule has 1 N–H and O–H groups in total. The van der Waals surface area contributed by atoms with Crippen LogP contribution in [-0.2, 0) is 21.2 Å². The summed E-state index contributed by atoms with van der Waals surface area (Å²) in [7, 11) is -3.88. The maximum atomic E-state index is 13.2. The van der Waals surface area contributed by atoms with Crippen molar-refractivity contribution in [3.63, 3.8) is 0 Å². The number of thiazole rings is 1. The molecule has 0 bridgehead atoms. The van der Waals surface area contributed by atoms with Gasteiger partial charge in [-0.2, -0.15) is 4.31 Å². The molecule has 2 heterocycles. The van der Waals surface area contributed by atoms with E-state index in [0.717, 1.165) is 28.4 Å². The van der Waals surface area contributed by atoms with Crippen molar-refractivity contribution in [1.82, 2.24) is 14.6 Å². The molecule has 1 aromatic heterocycles. The van der Waals surface area contributed by atoms with Gasteiger partial charge in [0.15, 0.2) is 0 Å². The number of aromatic nitrogens is 1. The smallest absolute Gasteiger partial charge is 0.244 e. The standard InChI is InChI=1S/C21H20FN3O3S3/c22-16-6-8-18(9-7-16)31(27,28)25-14-29-13-19(25)20(26)23-11-10-17-12-30-21(24-17)15-4-2-1-3-5-15/h1-9,12,19H,10-11,13-14H2,(H,23,26)/t19-/m1/s1. The number of carbonyl (C=O) groups is 1. The van der Waals surface area contributed by atoms with E-state index < -0.39 is 21.9 Å². The first-order valence-corrected chi connectivity index (χ1v) is 13.1. The van der Waals surface area contributed by atoms with E-state index in [9.17, 15) is 17.6 Å². The van der Waals surface area contributed by atoms with Crippen LogP contribution in [0.5, 0.6) is 0 Å². The molecule has 1 amide bonds. The molecule has 1 atom stereocenters. The summed E-state index contributed by atoms with van der Waals surface area (Å²) < 4.78 is 40.1. The molecule has 0 aliphatic carbocycles. The maximum Gasteiger partial charge on any atom is 0.244 e. The Bertz CT molecular complexity index is 1150. The summed E-state index contributed by atoms with van der Waals surface area (Å²) in [6.45, 7) is 0.363. The van der Waals surface area contributed by atoms with E-state index in [-0.39, 0.29) is 16.7 Å². The van der Waals surface area contributed by atoms with Gasteiger partial charge < -0.3 is 5.32 Å². The average molecular weight is 478 g/mol. The van der Waals surface area contributed by atoms with E-state index in [0.29, 0.717) is 18.7 Å². The molecule has 1 fully saturated rings. The number of halogens is 1. The van der Waals surface area contributed by atoms with Crippen LogP contribution >= 0.6 is 23.1 Å². The summed E-state index contributed by atoms with van der Waals surface area (Å²) in [5, 5.41) is 5.72. The van der Waals surface area contributed by atoms with Crippen molar-refractivity contribution in [2.75, 3.05) is 18.2 Å². The van der Waals surface area contributed by atoms with Gasteiger partial charge in [0.2, 0.25) is 15.9 Å². The number of amides is 1. The molecule has 3 aromatic rings. The molecular formula is C21H20FN3O3S3. The van der Waals surface area contributed by atoms with Crippen molar-refractivity contribution in [3.8, 4) is 10.6 Å². The third-order valence-corrected chi connectivity index (χ3v) is 8.80. The molecular weight excluding hydrogens is 457 g/mol. The summed E-state index contributed by atoms with van der Waals surface area (Å²) in [5.41, 5.74) is 1.92. The van der Waals surface area contributed by atoms with Gasteiger partial charge in [-0.1, -0.05) is 30.3 Å². The van der Waals surface area contributed by atoms with Crippen molar-refractivity contribution in [2.45, 2.75) is 17.4 Å². The summed E-state index contributed by atoms with van der Waals surface area (Å²) in [6.07, 6.45) is 0.555. The molecule has 0 unspecified atom stereocenters. The second-order valence-electron chi connectivity index (χ2n) is 6.91. The van der Waals surface area contributed by atoms with Gasteiger partial charge in [0.25, 0.3) is 0 Å². The van der Waals surface area contributed by atoms with Crippen LogP contribution in [0.25, 0.3) is 10.6 Å². The van der Waals surface area contributed by atoms with Crippen molar-refractivity contribution in [2.24, 2.45) is 0 Å². The van der Waals surface area contributed by atoms with Crippen LogP contribution in [0.1, 0.15) is 5.69 Å². The minimum absolute atomic E-state index is 0.0230. The Morgan fingerprint density at radius 1 is 1.16 bits per heavy atom. The lowest BCUT2D eigenvalue weighted by Crippen LogP contribution is -2.47. The third kappa shape index (κ3) is 4.98. The maximum absolute atomic E-state index is 13.2. The van der Waals surface area contributed by atoms with Crippen LogP contribution in [0.2, 0.25) is 0 Å². The fourth-order valence-corrected chi connectivity index (χ4v) is 7.19. The number of hydrogen-bond donors (Lipinski definition) is 1. The van der Waals surface area contributed by atoms with Gasteiger partial charge in [-0.05, 0) is 24.3 Å². The summed E-state index contributed by atoms with van der Waals surface area (Å²) in [4.78, 5) is 17.3. The molecule has 31 heavy (non-hydrogen) atoms. The van der Waals surface area contributed by atoms with Crippen LogP contribution < -0.4 is 5.32 Å². The van der Waals surface area contributed by atoms with E-state index >= 15 is 0 Å². The van der Waals surface area contributed by atoms with E-state index in [1.165, 1.54) is 28.2 Å². The zero-order valence-electron chi connectivity index (χ0n) is 16.4. The summed E-state index contributed by atoms with van der Waals surface area (Å²) >= 11 is 2.92. The molecule has 4 rings (SSSR count). The monoisotopic (exact) mass is 477 g/mol. The molecule has 162 valence electrons. The fourth-order valence-electron chi connectivity index (χ4n) is 3.18. The van der Waals surface area contributed by atoms with Crippen LogP contribution in [0.4, 0.5) is 4.39 Å². The molecule has 1 saturated heterocycles. The van der Waals surface area contributed by atoms with Crippen LogP contribution in [0.3, 0.4) is 0 Å². The largest absolute Gasteiger partial charge is 0.354 e. The van der Waals surface area contributed by atoms with E-state index in [1.807, 2.05) is 35.7 Å². The number of thioether (sulfide) groups is 1. The predicted octanol–water partition coefficient (Wildman–Crippen LogP) is 3.37. The molecule has 0 radical (unpaired) electrons. The summed E-state index contributed by atoms with van der Waals surface area (Å²) in [5.74, 6) is -0.290. The zero-order valence-corrected chi connectivity index (χ0v) is 18.9. The van der Waals surface area contributed by atoms with Crippen molar-refractivity contribution in [3.05, 3.63) is 71.5 Å². The van der Waals surface area contributed by atoms with Crippen LogP contribution in [0.15, 0.2) is 64.9 Å². The van der Waals surface area contributed by atoms with E-state index in [1.54, 1.807) is 11.3 Å². The normalized spacial score (nSPS) is 17.0. The quantitative estimate of drug-likeness (QED) is 0.565. The molecule has 0 spiro atoms. The zero-order chi connectivity index (χ0) is 21.8. The highest BCUT2D eigenvalue weighted by molar-refractivity contribution is 8.00. The predicted molar refractivity (Wildman–Crippen MR) is 121 cm³/mol. The lowest BCUT2D eigenvalue weighted by atomic mass is 10.2. The molecule has 10 heteroatoms. The van der Waals surface area contributed by atoms with Gasteiger partial charge in [-0.3, -0.25) is 4.79 Å². The third-order valence-electron chi connectivity index (χ3n) is 4.82. The number of rotatable bonds is 7. The fraction of sp³-hybridized carbons (Fsp3) is 0.238. The lowest BCUT2D eigenvalue weighted by Gasteiger charge is -2.22. The van der Waals surface area contributed by atoms with Crippen molar-refractivity contribution >= 4 is 39.0 Å². The highest BCUT2D eigenvalue weighted by atomic mass is 32.2. The minimum atomic E-state index is -3.88. The Labute approximate surface area is 188 Å². The van der Waals surface area contributed by atoms with Crippen LogP contribution in [-0.4, -0.2) is 47.8 Å². The van der Waals surface area contributed by atoms with E-state index in [4.69, 9.17) is 0 Å². The van der Waals surface area contributed by atoms with Gasteiger partial charge in [-0.25, -0.2) is 17.8 Å². The second kappa shape index (κ2) is 9.47. The highest BCUT2D eigenvalue weighted by Gasteiger charge is 2.39. The van der Waals surface area contributed by atoms with E-state index in [2.05, 4.69) is 10.3 Å². The minimum Gasteiger partial charge on any atom is -0.354 e. The Hall–Kier alpha value is -2.27. The number of carbonyl (C=O) groups excluding carboxylic acids is 1. The van der Waals surface area contributed by atoms with Gasteiger partial charge in [-0.15, -0.1) is 23.1 Å². The van der Waals surface area contributed by atoms with Gasteiger partial charge >= 0.3 is 0 Å². The van der Waals surface area contributed by atoms with Gasteiger partial charge in [0.05, 0.1) is 16.5 Å². The Kier molecular flexibility index (Phi) is 6.71. The van der Waals surface area contributed by atoms with Crippen LogP contribution in [0, 0.1) is 5.82 Å². The highest BCUT2D eigenvalue weighted by Crippen LogP contribution is 2.28. The first-order valence-electron chi connectivity index (χ1n) is 9.58. The Morgan fingerprint density at radius 2 is 1.90 bits per heavy atom. The SMILES string of the molecule is O=C(NCCc1csc(-c2ccccc2)n1)[C@H]1CSCN1S(=O)(=O)c1ccc(F)cc1. The van der Waals surface area contributed by atoms with Crippen molar-refractivity contribution < 1.29 is 17.6 Å². The molecule has 2 aromatic carbocycles. The lowest BCUT2D eigenvalue weighted by molar-refractivity contribution is -0.123. The number of sulfonamides is 1. The number of benzene rings is 2. The molecule has 1 aliphatic heterocycles. The molecule has 6 nitrogen and oxygen atoms in total. The Morgan fingerprint density at radius 3 is 2.65 bits per heavy atom.